The molecule has 0 radical (unpaired) electrons. The Labute approximate surface area is 88.7 Å². The van der Waals surface area contributed by atoms with Crippen LogP contribution in [0.25, 0.3) is 0 Å². The maximum atomic E-state index is 5.39. The third-order valence-corrected chi connectivity index (χ3v) is 4.10. The lowest BCUT2D eigenvalue weighted by Gasteiger charge is -2.35. The average Bonchev–Trinajstić information content (AvgIpc) is 2.71. The van der Waals surface area contributed by atoms with Crippen LogP contribution in [0.15, 0.2) is 0 Å². The number of hydrogen-bond donors (Lipinski definition) is 1. The second kappa shape index (κ2) is 4.89. The van der Waals surface area contributed by atoms with Crippen LogP contribution >= 0.6 is 22.6 Å². The minimum atomic E-state index is 0.687. The van der Waals surface area contributed by atoms with E-state index < -0.39 is 0 Å². The lowest BCUT2D eigenvalue weighted by Crippen LogP contribution is -2.48. The molecule has 0 spiro atoms. The fourth-order valence-electron chi connectivity index (χ4n) is 1.96. The van der Waals surface area contributed by atoms with Gasteiger partial charge < -0.3 is 4.74 Å². The molecule has 3 nitrogen and oxygen atoms in total. The molecule has 13 heavy (non-hydrogen) atoms. The first-order valence-corrected chi connectivity index (χ1v) is 6.61. The third kappa shape index (κ3) is 2.53. The Kier molecular flexibility index (Phi) is 3.80. The van der Waals surface area contributed by atoms with Crippen LogP contribution in [-0.4, -0.2) is 54.6 Å². The van der Waals surface area contributed by atoms with Crippen LogP contribution < -0.4 is 0 Å². The molecule has 0 aliphatic carbocycles. The molecule has 2 fully saturated rings. The van der Waals surface area contributed by atoms with Crippen LogP contribution in [0.4, 0.5) is 0 Å². The standard InChI is InChI=1S/C8H16N2OS2/c12-13-10-4-2-9(3-5-10)8-1-6-11-7-8/h8,12H,1-7H2. The Morgan fingerprint density at radius 2 is 2.00 bits per heavy atom. The van der Waals surface area contributed by atoms with Crippen LogP contribution in [0.5, 0.6) is 0 Å². The van der Waals surface area contributed by atoms with E-state index in [2.05, 4.69) is 20.9 Å². The quantitative estimate of drug-likeness (QED) is 0.422. The van der Waals surface area contributed by atoms with Gasteiger partial charge in [-0.3, -0.25) is 4.90 Å². The Morgan fingerprint density at radius 1 is 1.23 bits per heavy atom. The minimum absolute atomic E-state index is 0.687. The molecule has 0 N–H and O–H groups in total. The first-order valence-electron chi connectivity index (χ1n) is 4.78. The van der Waals surface area contributed by atoms with Crippen molar-refractivity contribution in [2.75, 3.05) is 39.4 Å². The van der Waals surface area contributed by atoms with E-state index in [0.717, 1.165) is 26.3 Å². The zero-order chi connectivity index (χ0) is 9.10. The summed E-state index contributed by atoms with van der Waals surface area (Å²) < 4.78 is 7.69. The molecule has 1 unspecified atom stereocenters. The van der Waals surface area contributed by atoms with Gasteiger partial charge in [-0.25, -0.2) is 4.31 Å². The van der Waals surface area contributed by atoms with E-state index in [4.69, 9.17) is 4.74 Å². The molecule has 0 aromatic carbocycles. The molecule has 2 rings (SSSR count). The molecule has 2 saturated heterocycles. The molecule has 0 aromatic heterocycles. The van der Waals surface area contributed by atoms with Gasteiger partial charge in [0.15, 0.2) is 0 Å². The zero-order valence-corrected chi connectivity index (χ0v) is 9.40. The van der Waals surface area contributed by atoms with Gasteiger partial charge in [0.2, 0.25) is 0 Å². The normalized spacial score (nSPS) is 32.5. The van der Waals surface area contributed by atoms with Crippen molar-refractivity contribution in [2.45, 2.75) is 12.5 Å². The van der Waals surface area contributed by atoms with E-state index >= 15 is 0 Å². The fraction of sp³-hybridized carbons (Fsp3) is 1.00. The summed E-state index contributed by atoms with van der Waals surface area (Å²) in [4.78, 5) is 2.55. The van der Waals surface area contributed by atoms with E-state index in [1.165, 1.54) is 19.5 Å². The van der Waals surface area contributed by atoms with Crippen molar-refractivity contribution in [1.82, 2.24) is 9.21 Å². The lowest BCUT2D eigenvalue weighted by atomic mass is 10.2. The summed E-state index contributed by atoms with van der Waals surface area (Å²) in [6, 6.07) is 0.687. The van der Waals surface area contributed by atoms with Crippen LogP contribution in [0, 0.1) is 0 Å². The fourth-order valence-corrected chi connectivity index (χ4v) is 2.78. The summed E-state index contributed by atoms with van der Waals surface area (Å²) in [5.74, 6) is 0. The molecule has 0 amide bonds. The van der Waals surface area contributed by atoms with Gasteiger partial charge in [0.1, 0.15) is 0 Å². The topological polar surface area (TPSA) is 15.7 Å². The van der Waals surface area contributed by atoms with Crippen molar-refractivity contribution in [3.8, 4) is 0 Å². The van der Waals surface area contributed by atoms with E-state index in [0.29, 0.717) is 6.04 Å². The van der Waals surface area contributed by atoms with Crippen molar-refractivity contribution in [1.29, 1.82) is 0 Å². The second-order valence-corrected chi connectivity index (χ2v) is 4.73. The van der Waals surface area contributed by atoms with Crippen molar-refractivity contribution in [2.24, 2.45) is 0 Å². The van der Waals surface area contributed by atoms with Crippen molar-refractivity contribution in [3.05, 3.63) is 0 Å². The number of nitrogens with zero attached hydrogens (tertiary/aromatic N) is 2. The van der Waals surface area contributed by atoms with Crippen molar-refractivity contribution in [3.63, 3.8) is 0 Å². The highest BCUT2D eigenvalue weighted by Crippen LogP contribution is 2.19. The molecule has 2 aliphatic rings. The summed E-state index contributed by atoms with van der Waals surface area (Å²) in [6.45, 7) is 6.48. The maximum Gasteiger partial charge on any atom is 0.0622 e. The highest BCUT2D eigenvalue weighted by atomic mass is 33.1. The van der Waals surface area contributed by atoms with E-state index in [-0.39, 0.29) is 0 Å². The SMILES string of the molecule is SSN1CCN(C2CCOC2)CC1. The van der Waals surface area contributed by atoms with Gasteiger partial charge in [-0.05, 0) is 17.4 Å². The van der Waals surface area contributed by atoms with Crippen molar-refractivity contribution < 1.29 is 4.74 Å². The predicted octanol–water partition coefficient (Wildman–Crippen LogP) is 0.886. The monoisotopic (exact) mass is 220 g/mol. The van der Waals surface area contributed by atoms with Gasteiger partial charge in [-0.2, -0.15) is 0 Å². The van der Waals surface area contributed by atoms with Gasteiger partial charge >= 0.3 is 0 Å². The summed E-state index contributed by atoms with van der Waals surface area (Å²) in [5, 5.41) is 0. The zero-order valence-electron chi connectivity index (χ0n) is 7.69. The molecular formula is C8H16N2OS2. The van der Waals surface area contributed by atoms with Crippen LogP contribution in [0.3, 0.4) is 0 Å². The number of rotatable bonds is 2. The van der Waals surface area contributed by atoms with E-state index in [1.807, 2.05) is 0 Å². The maximum absolute atomic E-state index is 5.39. The van der Waals surface area contributed by atoms with Gasteiger partial charge in [0.05, 0.1) is 6.61 Å². The molecule has 0 bridgehead atoms. The third-order valence-electron chi connectivity index (χ3n) is 2.81. The van der Waals surface area contributed by atoms with Crippen molar-refractivity contribution >= 4 is 22.6 Å². The molecule has 2 heterocycles. The molecule has 0 saturated carbocycles. The highest BCUT2D eigenvalue weighted by molar-refractivity contribution is 8.67. The number of thiol groups is 1. The lowest BCUT2D eigenvalue weighted by molar-refractivity contribution is 0.117. The smallest absolute Gasteiger partial charge is 0.0622 e. The number of hydrogen-bond acceptors (Lipinski definition) is 5. The summed E-state index contributed by atoms with van der Waals surface area (Å²) >= 11 is 4.20. The minimum Gasteiger partial charge on any atom is -0.380 e. The molecule has 76 valence electrons. The predicted molar refractivity (Wildman–Crippen MR) is 58.9 cm³/mol. The largest absolute Gasteiger partial charge is 0.380 e. The Balaban J connectivity index is 1.77. The highest BCUT2D eigenvalue weighted by Gasteiger charge is 2.26. The Hall–Kier alpha value is 0.580. The number of piperazine rings is 1. The van der Waals surface area contributed by atoms with Crippen LogP contribution in [0.2, 0.25) is 0 Å². The molecular weight excluding hydrogens is 204 g/mol. The van der Waals surface area contributed by atoms with Gasteiger partial charge in [0, 0.05) is 38.8 Å². The Bertz CT molecular complexity index is 156. The van der Waals surface area contributed by atoms with E-state index in [9.17, 15) is 0 Å². The average molecular weight is 220 g/mol. The number of ether oxygens (including phenoxy) is 1. The van der Waals surface area contributed by atoms with Crippen LogP contribution in [-0.2, 0) is 4.74 Å². The second-order valence-electron chi connectivity index (χ2n) is 3.56. The summed E-state index contributed by atoms with van der Waals surface area (Å²) in [5.41, 5.74) is 0. The van der Waals surface area contributed by atoms with Gasteiger partial charge in [-0.1, -0.05) is 11.7 Å². The molecule has 1 atom stereocenters. The van der Waals surface area contributed by atoms with Crippen LogP contribution in [0.1, 0.15) is 6.42 Å². The Morgan fingerprint density at radius 3 is 2.54 bits per heavy atom. The molecule has 2 aliphatic heterocycles. The van der Waals surface area contributed by atoms with E-state index in [1.54, 1.807) is 11.0 Å². The first-order chi connectivity index (χ1) is 6.40. The van der Waals surface area contributed by atoms with Gasteiger partial charge in [0.25, 0.3) is 0 Å². The first kappa shape index (κ1) is 10.1. The summed E-state index contributed by atoms with van der Waals surface area (Å²) in [6.07, 6.45) is 1.22. The van der Waals surface area contributed by atoms with Gasteiger partial charge in [-0.15, -0.1) is 0 Å². The molecule has 5 heteroatoms. The molecule has 0 aromatic rings. The summed E-state index contributed by atoms with van der Waals surface area (Å²) in [7, 11) is 1.56.